The van der Waals surface area contributed by atoms with Crippen LogP contribution in [0.2, 0.25) is 0 Å². The molecule has 2 N–H and O–H groups in total. The molecular formula is C16H11FN4O3. The molecule has 8 heteroatoms. The molecule has 0 spiro atoms. The first-order valence-electron chi connectivity index (χ1n) is 6.84. The summed E-state index contributed by atoms with van der Waals surface area (Å²) in [7, 11) is 0. The van der Waals surface area contributed by atoms with Crippen LogP contribution >= 0.6 is 0 Å². The first-order valence-corrected chi connectivity index (χ1v) is 6.84. The highest BCUT2D eigenvalue weighted by Crippen LogP contribution is 2.16. The number of aromatic nitrogens is 2. The van der Waals surface area contributed by atoms with Crippen LogP contribution in [0.25, 0.3) is 11.4 Å². The Balaban J connectivity index is 1.65. The summed E-state index contributed by atoms with van der Waals surface area (Å²) in [5, 5.41) is 16.6. The Morgan fingerprint density at radius 3 is 2.58 bits per heavy atom. The van der Waals surface area contributed by atoms with Crippen LogP contribution < -0.4 is 5.43 Å². The topological polar surface area (TPSA) is 101 Å². The maximum atomic E-state index is 12.9. The highest BCUT2D eigenvalue weighted by molar-refractivity contribution is 5.91. The average molecular weight is 326 g/mol. The number of nitrogens with zero attached hydrogens (tertiary/aromatic N) is 3. The van der Waals surface area contributed by atoms with E-state index in [1.807, 2.05) is 0 Å². The first-order chi connectivity index (χ1) is 11.6. The van der Waals surface area contributed by atoms with E-state index in [2.05, 4.69) is 20.7 Å². The molecule has 0 saturated heterocycles. The van der Waals surface area contributed by atoms with E-state index in [4.69, 9.17) is 9.63 Å². The molecule has 7 nitrogen and oxygen atoms in total. The number of phenols is 1. The number of amides is 1. The van der Waals surface area contributed by atoms with E-state index in [9.17, 15) is 9.18 Å². The number of phenolic OH excluding ortho intramolecular Hbond substituents is 1. The number of carbonyl (C=O) groups excluding carboxylic acids is 1. The van der Waals surface area contributed by atoms with Gasteiger partial charge in [-0.2, -0.15) is 10.1 Å². The molecule has 0 fully saturated rings. The van der Waals surface area contributed by atoms with E-state index in [1.165, 1.54) is 42.6 Å². The SMILES string of the molecule is O=C(N/N=C/c1ccc(O)cc1)c1nc(-c2ccc(F)cc2)no1. The Morgan fingerprint density at radius 2 is 1.88 bits per heavy atom. The zero-order valence-electron chi connectivity index (χ0n) is 12.2. The van der Waals surface area contributed by atoms with Gasteiger partial charge in [-0.05, 0) is 54.1 Å². The average Bonchev–Trinajstić information content (AvgIpc) is 3.07. The Kier molecular flexibility index (Phi) is 4.28. The number of halogens is 1. The van der Waals surface area contributed by atoms with Crippen molar-refractivity contribution >= 4 is 12.1 Å². The second kappa shape index (κ2) is 6.69. The number of carbonyl (C=O) groups is 1. The third-order valence-electron chi connectivity index (χ3n) is 3.00. The minimum Gasteiger partial charge on any atom is -0.508 e. The summed E-state index contributed by atoms with van der Waals surface area (Å²) in [6.45, 7) is 0. The number of aromatic hydroxyl groups is 1. The third kappa shape index (κ3) is 3.61. The zero-order valence-corrected chi connectivity index (χ0v) is 12.2. The quantitative estimate of drug-likeness (QED) is 0.566. The van der Waals surface area contributed by atoms with Gasteiger partial charge in [-0.15, -0.1) is 0 Å². The van der Waals surface area contributed by atoms with Gasteiger partial charge in [-0.3, -0.25) is 4.79 Å². The van der Waals surface area contributed by atoms with Gasteiger partial charge in [0.15, 0.2) is 0 Å². The molecule has 1 heterocycles. The second-order valence-corrected chi connectivity index (χ2v) is 4.72. The van der Waals surface area contributed by atoms with Crippen LogP contribution in [0.3, 0.4) is 0 Å². The van der Waals surface area contributed by atoms with Crippen molar-refractivity contribution < 1.29 is 18.8 Å². The van der Waals surface area contributed by atoms with Crippen molar-refractivity contribution in [2.24, 2.45) is 5.10 Å². The van der Waals surface area contributed by atoms with E-state index in [1.54, 1.807) is 12.1 Å². The summed E-state index contributed by atoms with van der Waals surface area (Å²) >= 11 is 0. The normalized spacial score (nSPS) is 10.9. The summed E-state index contributed by atoms with van der Waals surface area (Å²) in [5.74, 6) is -1.02. The molecule has 3 aromatic rings. The fourth-order valence-corrected chi connectivity index (χ4v) is 1.81. The fraction of sp³-hybridized carbons (Fsp3) is 0. The lowest BCUT2D eigenvalue weighted by molar-refractivity contribution is 0.0911. The van der Waals surface area contributed by atoms with Crippen LogP contribution in [0.1, 0.15) is 16.2 Å². The summed E-state index contributed by atoms with van der Waals surface area (Å²) in [4.78, 5) is 15.8. The Labute approximate surface area is 135 Å². The van der Waals surface area contributed by atoms with Gasteiger partial charge in [-0.25, -0.2) is 9.82 Å². The minimum atomic E-state index is -0.675. The lowest BCUT2D eigenvalue weighted by atomic mass is 10.2. The predicted molar refractivity (Wildman–Crippen MR) is 82.9 cm³/mol. The van der Waals surface area contributed by atoms with Gasteiger partial charge < -0.3 is 9.63 Å². The summed E-state index contributed by atoms with van der Waals surface area (Å²) < 4.78 is 17.7. The molecule has 0 radical (unpaired) electrons. The maximum Gasteiger partial charge on any atom is 0.329 e. The molecule has 24 heavy (non-hydrogen) atoms. The molecule has 1 amide bonds. The molecule has 0 unspecified atom stereocenters. The van der Waals surface area contributed by atoms with Gasteiger partial charge in [-0.1, -0.05) is 5.16 Å². The Bertz CT molecular complexity index is 873. The molecule has 3 rings (SSSR count). The molecule has 0 bridgehead atoms. The monoisotopic (exact) mass is 326 g/mol. The molecule has 120 valence electrons. The van der Waals surface area contributed by atoms with Gasteiger partial charge in [0, 0.05) is 5.56 Å². The summed E-state index contributed by atoms with van der Waals surface area (Å²) in [6, 6.07) is 11.7. The number of nitrogens with one attached hydrogen (secondary N) is 1. The minimum absolute atomic E-state index is 0.135. The second-order valence-electron chi connectivity index (χ2n) is 4.72. The molecule has 0 saturated carbocycles. The van der Waals surface area contributed by atoms with Crippen molar-refractivity contribution in [3.63, 3.8) is 0 Å². The summed E-state index contributed by atoms with van der Waals surface area (Å²) in [6.07, 6.45) is 1.40. The maximum absolute atomic E-state index is 12.9. The molecule has 0 aliphatic carbocycles. The lowest BCUT2D eigenvalue weighted by Crippen LogP contribution is -2.17. The molecule has 1 aromatic heterocycles. The van der Waals surface area contributed by atoms with Crippen molar-refractivity contribution in [2.75, 3.05) is 0 Å². The number of hydrazone groups is 1. The van der Waals surface area contributed by atoms with Gasteiger partial charge in [0.1, 0.15) is 11.6 Å². The van der Waals surface area contributed by atoms with E-state index in [0.29, 0.717) is 11.1 Å². The van der Waals surface area contributed by atoms with Gasteiger partial charge in [0.05, 0.1) is 6.21 Å². The van der Waals surface area contributed by atoms with Crippen LogP contribution in [0.5, 0.6) is 5.75 Å². The summed E-state index contributed by atoms with van der Waals surface area (Å²) in [5.41, 5.74) is 3.45. The predicted octanol–water partition coefficient (Wildman–Crippen LogP) is 2.35. The third-order valence-corrected chi connectivity index (χ3v) is 3.00. The van der Waals surface area contributed by atoms with Crippen LogP contribution in [-0.2, 0) is 0 Å². The first kappa shape index (κ1) is 15.3. The van der Waals surface area contributed by atoms with Gasteiger partial charge >= 0.3 is 11.8 Å². The van der Waals surface area contributed by atoms with Gasteiger partial charge in [0.2, 0.25) is 5.82 Å². The number of hydrogen-bond acceptors (Lipinski definition) is 6. The molecule has 0 atom stereocenters. The largest absolute Gasteiger partial charge is 0.508 e. The van der Waals surface area contributed by atoms with Crippen LogP contribution in [0.4, 0.5) is 4.39 Å². The van der Waals surface area contributed by atoms with Crippen molar-refractivity contribution in [2.45, 2.75) is 0 Å². The number of hydrogen-bond donors (Lipinski definition) is 2. The fourth-order valence-electron chi connectivity index (χ4n) is 1.81. The van der Waals surface area contributed by atoms with Crippen molar-refractivity contribution in [3.8, 4) is 17.1 Å². The van der Waals surface area contributed by atoms with E-state index in [0.717, 1.165) is 0 Å². The smallest absolute Gasteiger partial charge is 0.329 e. The van der Waals surface area contributed by atoms with Crippen LogP contribution in [0, 0.1) is 5.82 Å². The van der Waals surface area contributed by atoms with Gasteiger partial charge in [0.25, 0.3) is 0 Å². The lowest BCUT2D eigenvalue weighted by Gasteiger charge is -1.95. The number of benzene rings is 2. The van der Waals surface area contributed by atoms with E-state index in [-0.39, 0.29) is 23.3 Å². The standard InChI is InChI=1S/C16H11FN4O3/c17-12-5-3-11(4-6-12)14-19-16(24-21-14)15(23)20-18-9-10-1-7-13(22)8-2-10/h1-9,22H,(H,20,23)/b18-9+. The van der Waals surface area contributed by atoms with Crippen molar-refractivity contribution in [1.29, 1.82) is 0 Å². The highest BCUT2D eigenvalue weighted by Gasteiger charge is 2.15. The molecular weight excluding hydrogens is 315 g/mol. The van der Waals surface area contributed by atoms with Crippen molar-refractivity contribution in [1.82, 2.24) is 15.6 Å². The highest BCUT2D eigenvalue weighted by atomic mass is 19.1. The van der Waals surface area contributed by atoms with Crippen LogP contribution in [0.15, 0.2) is 58.2 Å². The zero-order chi connectivity index (χ0) is 16.9. The van der Waals surface area contributed by atoms with E-state index >= 15 is 0 Å². The van der Waals surface area contributed by atoms with Crippen molar-refractivity contribution in [3.05, 3.63) is 65.8 Å². The van der Waals surface area contributed by atoms with Crippen LogP contribution in [-0.4, -0.2) is 27.4 Å². The number of rotatable bonds is 4. The molecule has 0 aliphatic heterocycles. The Hall–Kier alpha value is -3.55. The molecule has 2 aromatic carbocycles. The van der Waals surface area contributed by atoms with E-state index < -0.39 is 5.91 Å². The Morgan fingerprint density at radius 1 is 1.17 bits per heavy atom. The molecule has 0 aliphatic rings.